The first kappa shape index (κ1) is 25.9. The van der Waals surface area contributed by atoms with Crippen molar-refractivity contribution in [1.82, 2.24) is 14.3 Å². The molecular formula is C27H29N5O4S. The molecule has 2 aromatic heterocycles. The van der Waals surface area contributed by atoms with Crippen LogP contribution in [0.1, 0.15) is 39.0 Å². The number of hydrogen-bond donors (Lipinski definition) is 1. The lowest BCUT2D eigenvalue weighted by atomic mass is 10.1. The largest absolute Gasteiger partial charge is 0.322 e. The molecule has 9 nitrogen and oxygen atoms in total. The summed E-state index contributed by atoms with van der Waals surface area (Å²) in [6.07, 6.45) is 4.58. The third-order valence-electron chi connectivity index (χ3n) is 6.16. The van der Waals surface area contributed by atoms with Gasteiger partial charge in [0, 0.05) is 43.1 Å². The highest BCUT2D eigenvalue weighted by atomic mass is 32.2. The van der Waals surface area contributed by atoms with Gasteiger partial charge in [0.1, 0.15) is 0 Å². The second kappa shape index (κ2) is 10.1. The Balaban J connectivity index is 1.67. The lowest BCUT2D eigenvalue weighted by Gasteiger charge is -2.22. The summed E-state index contributed by atoms with van der Waals surface area (Å²) in [5.74, 6) is -0.503. The molecule has 0 unspecified atom stereocenters. The van der Waals surface area contributed by atoms with E-state index in [4.69, 9.17) is 0 Å². The fraction of sp³-hybridized carbons (Fsp3) is 0.222. The van der Waals surface area contributed by atoms with Crippen molar-refractivity contribution < 1.29 is 18.0 Å². The number of benzene rings is 2. The van der Waals surface area contributed by atoms with E-state index in [1.807, 2.05) is 43.5 Å². The van der Waals surface area contributed by atoms with Gasteiger partial charge in [0.05, 0.1) is 33.6 Å². The third kappa shape index (κ3) is 5.19. The van der Waals surface area contributed by atoms with Crippen LogP contribution in [-0.2, 0) is 16.9 Å². The van der Waals surface area contributed by atoms with Crippen molar-refractivity contribution in [3.63, 3.8) is 0 Å². The smallest absolute Gasteiger partial charge is 0.260 e. The van der Waals surface area contributed by atoms with Crippen LogP contribution in [0.4, 0.5) is 11.4 Å². The van der Waals surface area contributed by atoms with Gasteiger partial charge in [-0.1, -0.05) is 12.1 Å². The number of aryl methyl sites for hydroxylation is 2. The van der Waals surface area contributed by atoms with Gasteiger partial charge in [0.2, 0.25) is 0 Å². The molecule has 10 heteroatoms. The molecule has 4 rings (SSSR count). The van der Waals surface area contributed by atoms with Crippen LogP contribution in [-0.4, -0.2) is 47.4 Å². The van der Waals surface area contributed by atoms with Gasteiger partial charge in [-0.3, -0.25) is 14.3 Å². The van der Waals surface area contributed by atoms with Crippen molar-refractivity contribution in [1.29, 1.82) is 0 Å². The van der Waals surface area contributed by atoms with E-state index in [1.165, 1.54) is 12.1 Å². The summed E-state index contributed by atoms with van der Waals surface area (Å²) >= 11 is 0. The standard InChI is InChI=1S/C27H29N5O4S/c1-6-31(21-16-28-30(4)17-21)27(34)23-9-7-8-10-25(23)32-18(2)15-24(19(32)3)26(33)29-20-11-13-22(14-12-20)37(5,35)36/h7-17H,6H2,1-5H3,(H,29,33). The minimum atomic E-state index is -3.33. The molecule has 4 aromatic rings. The SMILES string of the molecule is CCN(C(=O)c1ccccc1-n1c(C)cc(C(=O)Nc2ccc(S(C)(=O)=O)cc2)c1C)c1cnn(C)c1. The summed E-state index contributed by atoms with van der Waals surface area (Å²) < 4.78 is 27.0. The maximum absolute atomic E-state index is 13.6. The first-order valence-electron chi connectivity index (χ1n) is 11.7. The summed E-state index contributed by atoms with van der Waals surface area (Å²) in [7, 11) is -1.53. The molecule has 2 aromatic carbocycles. The Labute approximate surface area is 216 Å². The van der Waals surface area contributed by atoms with Crippen molar-refractivity contribution in [3.05, 3.63) is 89.5 Å². The Hall–Kier alpha value is -4.18. The topological polar surface area (TPSA) is 106 Å². The van der Waals surface area contributed by atoms with Crippen LogP contribution >= 0.6 is 0 Å². The molecule has 2 heterocycles. The minimum Gasteiger partial charge on any atom is -0.322 e. The highest BCUT2D eigenvalue weighted by Crippen LogP contribution is 2.27. The van der Waals surface area contributed by atoms with Crippen molar-refractivity contribution >= 4 is 33.0 Å². The quantitative estimate of drug-likeness (QED) is 0.395. The molecule has 0 aliphatic rings. The molecule has 192 valence electrons. The van der Waals surface area contributed by atoms with Crippen LogP contribution in [0, 0.1) is 13.8 Å². The van der Waals surface area contributed by atoms with E-state index in [0.29, 0.717) is 40.4 Å². The number of para-hydroxylation sites is 1. The van der Waals surface area contributed by atoms with Crippen LogP contribution in [0.15, 0.2) is 71.9 Å². The van der Waals surface area contributed by atoms with Gasteiger partial charge in [-0.25, -0.2) is 8.42 Å². The number of carbonyl (C=O) groups is 2. The monoisotopic (exact) mass is 519 g/mol. The van der Waals surface area contributed by atoms with Crippen LogP contribution in [0.2, 0.25) is 0 Å². The predicted molar refractivity (Wildman–Crippen MR) is 143 cm³/mol. The second-order valence-corrected chi connectivity index (χ2v) is 10.8. The molecule has 0 radical (unpaired) electrons. The number of carbonyl (C=O) groups excluding carboxylic acids is 2. The molecule has 0 atom stereocenters. The Morgan fingerprint density at radius 1 is 1.03 bits per heavy atom. The summed E-state index contributed by atoms with van der Waals surface area (Å²) in [4.78, 5) is 28.6. The molecule has 0 aliphatic carbocycles. The maximum atomic E-state index is 13.6. The van der Waals surface area contributed by atoms with Crippen LogP contribution < -0.4 is 10.2 Å². The fourth-order valence-corrected chi connectivity index (χ4v) is 4.96. The fourth-order valence-electron chi connectivity index (χ4n) is 4.33. The average Bonchev–Trinajstić information content (AvgIpc) is 3.41. The number of sulfone groups is 1. The number of amides is 2. The number of nitrogens with one attached hydrogen (secondary N) is 1. The van der Waals surface area contributed by atoms with E-state index in [9.17, 15) is 18.0 Å². The molecule has 37 heavy (non-hydrogen) atoms. The molecule has 0 aliphatic heterocycles. The Morgan fingerprint density at radius 2 is 1.70 bits per heavy atom. The molecule has 0 bridgehead atoms. The number of rotatable bonds is 7. The van der Waals surface area contributed by atoms with Gasteiger partial charge in [0.15, 0.2) is 9.84 Å². The molecule has 1 N–H and O–H groups in total. The third-order valence-corrected chi connectivity index (χ3v) is 7.28. The van der Waals surface area contributed by atoms with Crippen molar-refractivity contribution in [2.45, 2.75) is 25.7 Å². The van der Waals surface area contributed by atoms with Gasteiger partial charge < -0.3 is 14.8 Å². The van der Waals surface area contributed by atoms with Gasteiger partial charge in [0.25, 0.3) is 11.8 Å². The van der Waals surface area contributed by atoms with E-state index in [-0.39, 0.29) is 16.7 Å². The number of anilines is 2. The van der Waals surface area contributed by atoms with Crippen molar-refractivity contribution in [2.75, 3.05) is 23.0 Å². The Bertz CT molecular complexity index is 1580. The van der Waals surface area contributed by atoms with E-state index in [0.717, 1.165) is 11.9 Å². The predicted octanol–water partition coefficient (Wildman–Crippen LogP) is 4.15. The normalized spacial score (nSPS) is 11.4. The zero-order valence-corrected chi connectivity index (χ0v) is 22.2. The zero-order valence-electron chi connectivity index (χ0n) is 21.4. The van der Waals surface area contributed by atoms with Crippen molar-refractivity contribution in [2.24, 2.45) is 7.05 Å². The number of aromatic nitrogens is 3. The maximum Gasteiger partial charge on any atom is 0.260 e. The van der Waals surface area contributed by atoms with Crippen LogP contribution in [0.25, 0.3) is 5.69 Å². The summed E-state index contributed by atoms with van der Waals surface area (Å²) in [6.45, 7) is 6.08. The number of nitrogens with zero attached hydrogens (tertiary/aromatic N) is 4. The molecule has 0 saturated carbocycles. The van der Waals surface area contributed by atoms with E-state index in [1.54, 1.807) is 53.3 Å². The van der Waals surface area contributed by atoms with Crippen molar-refractivity contribution in [3.8, 4) is 5.69 Å². The van der Waals surface area contributed by atoms with Gasteiger partial charge in [-0.2, -0.15) is 5.10 Å². The molecular weight excluding hydrogens is 490 g/mol. The Morgan fingerprint density at radius 3 is 2.30 bits per heavy atom. The van der Waals surface area contributed by atoms with Gasteiger partial charge >= 0.3 is 0 Å². The molecule has 2 amide bonds. The Kier molecular flexibility index (Phi) is 7.04. The average molecular weight is 520 g/mol. The van der Waals surface area contributed by atoms with Gasteiger partial charge in [-0.15, -0.1) is 0 Å². The minimum absolute atomic E-state index is 0.171. The van der Waals surface area contributed by atoms with Crippen LogP contribution in [0.3, 0.4) is 0 Å². The first-order valence-corrected chi connectivity index (χ1v) is 13.6. The van der Waals surface area contributed by atoms with Crippen LogP contribution in [0.5, 0.6) is 0 Å². The summed E-state index contributed by atoms with van der Waals surface area (Å²) in [5.41, 5.74) is 4.26. The van der Waals surface area contributed by atoms with E-state index < -0.39 is 9.84 Å². The first-order chi connectivity index (χ1) is 17.5. The van der Waals surface area contributed by atoms with E-state index in [2.05, 4.69) is 10.4 Å². The lowest BCUT2D eigenvalue weighted by molar-refractivity contribution is 0.0987. The van der Waals surface area contributed by atoms with E-state index >= 15 is 0 Å². The molecule has 0 fully saturated rings. The lowest BCUT2D eigenvalue weighted by Crippen LogP contribution is -2.31. The summed E-state index contributed by atoms with van der Waals surface area (Å²) in [5, 5.41) is 7.01. The second-order valence-electron chi connectivity index (χ2n) is 8.81. The highest BCUT2D eigenvalue weighted by molar-refractivity contribution is 7.90. The number of hydrogen-bond acceptors (Lipinski definition) is 5. The molecule has 0 spiro atoms. The summed E-state index contributed by atoms with van der Waals surface area (Å²) in [6, 6.07) is 15.1. The highest BCUT2D eigenvalue weighted by Gasteiger charge is 2.24. The molecule has 0 saturated heterocycles. The van der Waals surface area contributed by atoms with Gasteiger partial charge in [-0.05, 0) is 63.2 Å². The zero-order chi connectivity index (χ0) is 26.9.